The third-order valence-electron chi connectivity index (χ3n) is 1.28. The Labute approximate surface area is 74.8 Å². The number of nitrogens with zero attached hydrogens (tertiary/aromatic N) is 1. The molecule has 0 bridgehead atoms. The smallest absolute Gasteiger partial charge is 0.263 e. The van der Waals surface area contributed by atoms with Gasteiger partial charge in [0.05, 0.1) is 6.20 Å². The first kappa shape index (κ1) is 8.99. The standard InChI is InChI=1S/C7H11N3OS/c1-2-3-9-6(11)5-4-10-7(8)12-5/h4H,2-3H2,1H3,(H2,8,10)(H,9,11). The SMILES string of the molecule is CCCNC(=O)c1cnc(N)s1. The largest absolute Gasteiger partial charge is 0.375 e. The molecule has 0 aliphatic heterocycles. The summed E-state index contributed by atoms with van der Waals surface area (Å²) >= 11 is 1.20. The number of rotatable bonds is 3. The average Bonchev–Trinajstić information content (AvgIpc) is 2.47. The molecule has 0 unspecified atom stereocenters. The number of nitrogen functional groups attached to an aromatic ring is 1. The number of hydrogen-bond donors (Lipinski definition) is 2. The fourth-order valence-electron chi connectivity index (χ4n) is 0.718. The molecule has 4 nitrogen and oxygen atoms in total. The Bertz CT molecular complexity index is 271. The van der Waals surface area contributed by atoms with Crippen LogP contribution in [0.1, 0.15) is 23.0 Å². The Balaban J connectivity index is 2.53. The summed E-state index contributed by atoms with van der Waals surface area (Å²) in [4.78, 5) is 15.6. The number of hydrogen-bond acceptors (Lipinski definition) is 4. The molecule has 5 heteroatoms. The molecule has 0 aromatic carbocycles. The Kier molecular flexibility index (Phi) is 3.04. The van der Waals surface area contributed by atoms with E-state index in [-0.39, 0.29) is 5.91 Å². The molecule has 0 fully saturated rings. The van der Waals surface area contributed by atoms with Gasteiger partial charge in [0.15, 0.2) is 5.13 Å². The van der Waals surface area contributed by atoms with Crippen LogP contribution in [0.25, 0.3) is 0 Å². The normalized spacial score (nSPS) is 9.75. The van der Waals surface area contributed by atoms with Crippen molar-refractivity contribution in [2.24, 2.45) is 0 Å². The van der Waals surface area contributed by atoms with E-state index in [1.54, 1.807) is 0 Å². The van der Waals surface area contributed by atoms with Crippen LogP contribution in [0, 0.1) is 0 Å². The molecule has 3 N–H and O–H groups in total. The van der Waals surface area contributed by atoms with Gasteiger partial charge in [-0.15, -0.1) is 0 Å². The molecular weight excluding hydrogens is 174 g/mol. The molecule has 12 heavy (non-hydrogen) atoms. The molecule has 66 valence electrons. The van der Waals surface area contributed by atoms with E-state index in [0.717, 1.165) is 6.42 Å². The Hall–Kier alpha value is -1.10. The number of thiazole rings is 1. The van der Waals surface area contributed by atoms with Crippen molar-refractivity contribution in [3.8, 4) is 0 Å². The molecule has 0 atom stereocenters. The number of carbonyl (C=O) groups excluding carboxylic acids is 1. The van der Waals surface area contributed by atoms with E-state index in [1.165, 1.54) is 17.5 Å². The maximum atomic E-state index is 11.2. The van der Waals surface area contributed by atoms with Crippen LogP contribution in [-0.2, 0) is 0 Å². The van der Waals surface area contributed by atoms with Crippen molar-refractivity contribution < 1.29 is 4.79 Å². The van der Waals surface area contributed by atoms with Crippen LogP contribution in [-0.4, -0.2) is 17.4 Å². The monoisotopic (exact) mass is 185 g/mol. The highest BCUT2D eigenvalue weighted by molar-refractivity contribution is 7.17. The van der Waals surface area contributed by atoms with E-state index >= 15 is 0 Å². The number of nitrogens with two attached hydrogens (primary N) is 1. The minimum Gasteiger partial charge on any atom is -0.375 e. The van der Waals surface area contributed by atoms with Crippen LogP contribution in [0.15, 0.2) is 6.20 Å². The van der Waals surface area contributed by atoms with Crippen molar-refractivity contribution in [1.29, 1.82) is 0 Å². The molecule has 1 aromatic rings. The minimum absolute atomic E-state index is 0.0916. The van der Waals surface area contributed by atoms with Gasteiger partial charge in [0.2, 0.25) is 0 Å². The van der Waals surface area contributed by atoms with Gasteiger partial charge in [0.1, 0.15) is 4.88 Å². The Morgan fingerprint density at radius 3 is 3.08 bits per heavy atom. The Morgan fingerprint density at radius 1 is 1.83 bits per heavy atom. The molecule has 0 aliphatic carbocycles. The Morgan fingerprint density at radius 2 is 2.58 bits per heavy atom. The number of anilines is 1. The molecule has 0 saturated carbocycles. The first-order chi connectivity index (χ1) is 5.74. The van der Waals surface area contributed by atoms with Gasteiger partial charge in [-0.1, -0.05) is 18.3 Å². The third-order valence-corrected chi connectivity index (χ3v) is 2.11. The highest BCUT2D eigenvalue weighted by Gasteiger charge is 2.07. The maximum Gasteiger partial charge on any atom is 0.263 e. The first-order valence-corrected chi connectivity index (χ1v) is 4.55. The highest BCUT2D eigenvalue weighted by Crippen LogP contribution is 2.13. The fraction of sp³-hybridized carbons (Fsp3) is 0.429. The molecular formula is C7H11N3OS. The lowest BCUT2D eigenvalue weighted by Crippen LogP contribution is -2.22. The second-order valence-corrected chi connectivity index (χ2v) is 3.38. The van der Waals surface area contributed by atoms with Crippen LogP contribution in [0.3, 0.4) is 0 Å². The van der Waals surface area contributed by atoms with Crippen molar-refractivity contribution in [3.05, 3.63) is 11.1 Å². The van der Waals surface area contributed by atoms with Gasteiger partial charge in [-0.25, -0.2) is 4.98 Å². The van der Waals surface area contributed by atoms with Crippen LogP contribution in [0.5, 0.6) is 0 Å². The van der Waals surface area contributed by atoms with E-state index in [1.807, 2.05) is 6.92 Å². The molecule has 0 spiro atoms. The second kappa shape index (κ2) is 4.06. The van der Waals surface area contributed by atoms with E-state index < -0.39 is 0 Å². The summed E-state index contributed by atoms with van der Waals surface area (Å²) in [7, 11) is 0. The zero-order valence-corrected chi connectivity index (χ0v) is 7.65. The van der Waals surface area contributed by atoms with Crippen LogP contribution < -0.4 is 11.1 Å². The van der Waals surface area contributed by atoms with Crippen molar-refractivity contribution in [3.63, 3.8) is 0 Å². The summed E-state index contributed by atoms with van der Waals surface area (Å²) in [5.41, 5.74) is 5.37. The number of amides is 1. The van der Waals surface area contributed by atoms with Crippen molar-refractivity contribution in [1.82, 2.24) is 10.3 Å². The molecule has 1 amide bonds. The summed E-state index contributed by atoms with van der Waals surface area (Å²) < 4.78 is 0. The van der Waals surface area contributed by atoms with Crippen molar-refractivity contribution in [2.75, 3.05) is 12.3 Å². The number of carbonyl (C=O) groups is 1. The van der Waals surface area contributed by atoms with Gasteiger partial charge >= 0.3 is 0 Å². The molecule has 1 rings (SSSR count). The summed E-state index contributed by atoms with van der Waals surface area (Å²) in [6.07, 6.45) is 2.42. The van der Waals surface area contributed by atoms with E-state index in [4.69, 9.17) is 5.73 Å². The lowest BCUT2D eigenvalue weighted by atomic mass is 10.4. The topological polar surface area (TPSA) is 68.0 Å². The van der Waals surface area contributed by atoms with E-state index in [2.05, 4.69) is 10.3 Å². The van der Waals surface area contributed by atoms with Gasteiger partial charge in [0.25, 0.3) is 5.91 Å². The predicted molar refractivity (Wildman–Crippen MR) is 49.2 cm³/mol. The first-order valence-electron chi connectivity index (χ1n) is 3.73. The van der Waals surface area contributed by atoms with Gasteiger partial charge in [0, 0.05) is 6.54 Å². The summed E-state index contributed by atoms with van der Waals surface area (Å²) in [6.45, 7) is 2.69. The lowest BCUT2D eigenvalue weighted by Gasteiger charge is -1.98. The quantitative estimate of drug-likeness (QED) is 0.734. The summed E-state index contributed by atoms with van der Waals surface area (Å²) in [6, 6.07) is 0. The van der Waals surface area contributed by atoms with Gasteiger partial charge < -0.3 is 11.1 Å². The number of aromatic nitrogens is 1. The summed E-state index contributed by atoms with van der Waals surface area (Å²) in [5.74, 6) is -0.0916. The lowest BCUT2D eigenvalue weighted by molar-refractivity contribution is 0.0957. The molecule has 0 aliphatic rings. The van der Waals surface area contributed by atoms with Crippen molar-refractivity contribution in [2.45, 2.75) is 13.3 Å². The third kappa shape index (κ3) is 2.20. The van der Waals surface area contributed by atoms with Crippen LogP contribution in [0.4, 0.5) is 5.13 Å². The zero-order chi connectivity index (χ0) is 8.97. The second-order valence-electron chi connectivity index (χ2n) is 2.32. The van der Waals surface area contributed by atoms with E-state index in [9.17, 15) is 4.79 Å². The maximum absolute atomic E-state index is 11.2. The van der Waals surface area contributed by atoms with E-state index in [0.29, 0.717) is 16.6 Å². The fourth-order valence-corrected chi connectivity index (χ4v) is 1.32. The van der Waals surface area contributed by atoms with Crippen LogP contribution in [0.2, 0.25) is 0 Å². The van der Waals surface area contributed by atoms with Crippen LogP contribution >= 0.6 is 11.3 Å². The minimum atomic E-state index is -0.0916. The molecule has 1 heterocycles. The zero-order valence-electron chi connectivity index (χ0n) is 6.83. The number of nitrogens with one attached hydrogen (secondary N) is 1. The highest BCUT2D eigenvalue weighted by atomic mass is 32.1. The molecule has 0 radical (unpaired) electrons. The summed E-state index contributed by atoms with van der Waals surface area (Å²) in [5, 5.41) is 3.17. The van der Waals surface area contributed by atoms with Gasteiger partial charge in [-0.2, -0.15) is 0 Å². The van der Waals surface area contributed by atoms with Gasteiger partial charge in [-0.05, 0) is 6.42 Å². The molecule has 1 aromatic heterocycles. The predicted octanol–water partition coefficient (Wildman–Crippen LogP) is 0.865. The van der Waals surface area contributed by atoms with Gasteiger partial charge in [-0.3, -0.25) is 4.79 Å². The molecule has 0 saturated heterocycles. The average molecular weight is 185 g/mol. The van der Waals surface area contributed by atoms with Crippen molar-refractivity contribution >= 4 is 22.4 Å².